The Labute approximate surface area is 206 Å². The van der Waals surface area contributed by atoms with Gasteiger partial charge in [-0.3, -0.25) is 9.59 Å². The molecular weight excluding hydrogens is 464 g/mol. The largest absolute Gasteiger partial charge is 0.503 e. The van der Waals surface area contributed by atoms with Crippen LogP contribution < -0.4 is 9.47 Å². The van der Waals surface area contributed by atoms with E-state index in [4.69, 9.17) is 9.47 Å². The van der Waals surface area contributed by atoms with E-state index in [2.05, 4.69) is 4.98 Å². The fourth-order valence-corrected chi connectivity index (χ4v) is 5.22. The van der Waals surface area contributed by atoms with Crippen LogP contribution in [-0.2, 0) is 11.2 Å². The van der Waals surface area contributed by atoms with Crippen molar-refractivity contribution in [3.05, 3.63) is 93.5 Å². The average molecular weight is 489 g/mol. The summed E-state index contributed by atoms with van der Waals surface area (Å²) in [5.41, 5.74) is 2.76. The minimum atomic E-state index is -0.730. The highest BCUT2D eigenvalue weighted by atomic mass is 32.1. The molecule has 2 aromatic carbocycles. The number of amides is 1. The van der Waals surface area contributed by atoms with Crippen LogP contribution in [-0.4, -0.2) is 47.4 Å². The number of ketones is 1. The van der Waals surface area contributed by atoms with Crippen LogP contribution in [0.25, 0.3) is 10.9 Å². The summed E-state index contributed by atoms with van der Waals surface area (Å²) in [6, 6.07) is 15.8. The third kappa shape index (κ3) is 4.06. The molecule has 0 bridgehead atoms. The van der Waals surface area contributed by atoms with E-state index in [1.54, 1.807) is 48.8 Å². The molecule has 0 radical (unpaired) electrons. The SMILES string of the molecule is COc1cccc([C@@H]2C(C(=O)c3cccs3)=C(O)C(=O)N2CCc2c[nH]c3ccc(OC)cc23)c1. The minimum absolute atomic E-state index is 0.0892. The first kappa shape index (κ1) is 22.7. The number of hydrogen-bond acceptors (Lipinski definition) is 6. The summed E-state index contributed by atoms with van der Waals surface area (Å²) in [5.74, 6) is -0.0640. The van der Waals surface area contributed by atoms with E-state index in [1.165, 1.54) is 11.3 Å². The molecule has 2 aromatic heterocycles. The fourth-order valence-electron chi connectivity index (χ4n) is 4.55. The maximum absolute atomic E-state index is 13.4. The first-order chi connectivity index (χ1) is 17.0. The first-order valence-electron chi connectivity index (χ1n) is 11.1. The van der Waals surface area contributed by atoms with E-state index in [9.17, 15) is 14.7 Å². The molecule has 7 nitrogen and oxygen atoms in total. The zero-order valence-electron chi connectivity index (χ0n) is 19.3. The maximum Gasteiger partial charge on any atom is 0.290 e. The number of Topliss-reactive ketones (excluding diaryl/α,β-unsaturated/α-hetero) is 1. The lowest BCUT2D eigenvalue weighted by molar-refractivity contribution is -0.129. The number of thiophene rings is 1. The summed E-state index contributed by atoms with van der Waals surface area (Å²) in [7, 11) is 3.18. The van der Waals surface area contributed by atoms with Gasteiger partial charge in [0.25, 0.3) is 5.91 Å². The topological polar surface area (TPSA) is 91.9 Å². The maximum atomic E-state index is 13.4. The molecule has 0 fully saturated rings. The number of nitrogens with zero attached hydrogens (tertiary/aromatic N) is 1. The van der Waals surface area contributed by atoms with Crippen molar-refractivity contribution in [1.29, 1.82) is 0 Å². The molecule has 2 N–H and O–H groups in total. The minimum Gasteiger partial charge on any atom is -0.503 e. The Morgan fingerprint density at radius 1 is 1.09 bits per heavy atom. The number of carbonyl (C=O) groups excluding carboxylic acids is 2. The highest BCUT2D eigenvalue weighted by Gasteiger charge is 2.43. The predicted molar refractivity (Wildman–Crippen MR) is 134 cm³/mol. The standard InChI is InChI=1S/C27H24N2O5S/c1-33-18-6-3-5-16(13-18)24-23(25(30)22-7-4-12-35-22)26(31)27(32)29(24)11-10-17-15-28-21-9-8-19(34-2)14-20(17)21/h3-9,12-15,24,28,31H,10-11H2,1-2H3/t24-/m1/s1. The lowest BCUT2D eigenvalue weighted by Crippen LogP contribution is -2.33. The van der Waals surface area contributed by atoms with Crippen LogP contribution in [0.2, 0.25) is 0 Å². The number of fused-ring (bicyclic) bond motifs is 1. The molecule has 1 atom stereocenters. The second-order valence-corrected chi connectivity index (χ2v) is 9.17. The molecule has 1 aliphatic rings. The Bertz CT molecular complexity index is 1440. The van der Waals surface area contributed by atoms with E-state index in [0.717, 1.165) is 22.2 Å². The number of aliphatic hydroxyl groups excluding tert-OH is 1. The number of H-pyrrole nitrogens is 1. The number of nitrogens with one attached hydrogen (secondary N) is 1. The van der Waals surface area contributed by atoms with E-state index in [0.29, 0.717) is 29.2 Å². The van der Waals surface area contributed by atoms with Gasteiger partial charge >= 0.3 is 0 Å². The van der Waals surface area contributed by atoms with Crippen LogP contribution in [0.1, 0.15) is 26.8 Å². The quantitative estimate of drug-likeness (QED) is 0.338. The van der Waals surface area contributed by atoms with Gasteiger partial charge in [0, 0.05) is 23.6 Å². The van der Waals surface area contributed by atoms with Gasteiger partial charge in [0.15, 0.2) is 5.76 Å². The molecule has 0 aliphatic carbocycles. The summed E-state index contributed by atoms with van der Waals surface area (Å²) in [6.07, 6.45) is 2.43. The Kier molecular flexibility index (Phi) is 6.05. The smallest absolute Gasteiger partial charge is 0.290 e. The molecule has 178 valence electrons. The molecule has 35 heavy (non-hydrogen) atoms. The lowest BCUT2D eigenvalue weighted by Gasteiger charge is -2.27. The van der Waals surface area contributed by atoms with E-state index >= 15 is 0 Å². The molecule has 3 heterocycles. The zero-order chi connectivity index (χ0) is 24.5. The van der Waals surface area contributed by atoms with Crippen LogP contribution in [0.3, 0.4) is 0 Å². The van der Waals surface area contributed by atoms with Crippen molar-refractivity contribution in [2.24, 2.45) is 0 Å². The molecule has 4 aromatic rings. The number of aliphatic hydroxyl groups is 1. The van der Waals surface area contributed by atoms with Gasteiger partial charge in [-0.05, 0) is 59.3 Å². The molecule has 8 heteroatoms. The number of methoxy groups -OCH3 is 2. The number of carbonyl (C=O) groups is 2. The van der Waals surface area contributed by atoms with Gasteiger partial charge in [-0.15, -0.1) is 11.3 Å². The molecular formula is C27H24N2O5S. The Balaban J connectivity index is 1.52. The molecule has 0 unspecified atom stereocenters. The number of rotatable bonds is 8. The van der Waals surface area contributed by atoms with Crippen LogP contribution in [0.5, 0.6) is 11.5 Å². The van der Waals surface area contributed by atoms with Crippen LogP contribution >= 0.6 is 11.3 Å². The normalized spacial score (nSPS) is 15.8. The summed E-state index contributed by atoms with van der Waals surface area (Å²) < 4.78 is 10.7. The molecule has 1 aliphatic heterocycles. The molecule has 1 amide bonds. The van der Waals surface area contributed by atoms with Crippen molar-refractivity contribution in [1.82, 2.24) is 9.88 Å². The predicted octanol–water partition coefficient (Wildman–Crippen LogP) is 5.07. The van der Waals surface area contributed by atoms with E-state index in [-0.39, 0.29) is 11.4 Å². The van der Waals surface area contributed by atoms with Crippen LogP contribution in [0.15, 0.2) is 77.5 Å². The van der Waals surface area contributed by atoms with Crippen molar-refractivity contribution in [3.63, 3.8) is 0 Å². The van der Waals surface area contributed by atoms with Crippen LogP contribution in [0, 0.1) is 0 Å². The zero-order valence-corrected chi connectivity index (χ0v) is 20.1. The summed E-state index contributed by atoms with van der Waals surface area (Å²) in [4.78, 5) is 31.9. The molecule has 0 saturated carbocycles. The second-order valence-electron chi connectivity index (χ2n) is 8.22. The van der Waals surface area contributed by atoms with Gasteiger partial charge in [0.05, 0.1) is 30.7 Å². The first-order valence-corrected chi connectivity index (χ1v) is 12.0. The van der Waals surface area contributed by atoms with Crippen LogP contribution in [0.4, 0.5) is 0 Å². The van der Waals surface area contributed by atoms with Gasteiger partial charge < -0.3 is 24.5 Å². The van der Waals surface area contributed by atoms with Gasteiger partial charge in [0.2, 0.25) is 5.78 Å². The number of hydrogen-bond donors (Lipinski definition) is 2. The van der Waals surface area contributed by atoms with Gasteiger partial charge in [0.1, 0.15) is 11.5 Å². The highest BCUT2D eigenvalue weighted by molar-refractivity contribution is 7.12. The highest BCUT2D eigenvalue weighted by Crippen LogP contribution is 2.40. The third-order valence-corrected chi connectivity index (χ3v) is 7.17. The summed E-state index contributed by atoms with van der Waals surface area (Å²) >= 11 is 1.28. The number of aromatic nitrogens is 1. The van der Waals surface area contributed by atoms with Crippen molar-refractivity contribution < 1.29 is 24.2 Å². The number of ether oxygens (including phenoxy) is 2. The summed E-state index contributed by atoms with van der Waals surface area (Å²) in [6.45, 7) is 0.302. The molecule has 0 spiro atoms. The fraction of sp³-hybridized carbons (Fsp3) is 0.185. The van der Waals surface area contributed by atoms with Crippen molar-refractivity contribution >= 4 is 33.9 Å². The average Bonchev–Trinajstić information content (AvgIpc) is 3.62. The number of benzene rings is 2. The Hall–Kier alpha value is -4.04. The summed E-state index contributed by atoms with van der Waals surface area (Å²) in [5, 5.41) is 13.7. The van der Waals surface area contributed by atoms with E-state index < -0.39 is 17.7 Å². The third-order valence-electron chi connectivity index (χ3n) is 6.30. The molecule has 0 saturated heterocycles. The van der Waals surface area contributed by atoms with Crippen molar-refractivity contribution in [3.8, 4) is 11.5 Å². The monoisotopic (exact) mass is 488 g/mol. The van der Waals surface area contributed by atoms with Gasteiger partial charge in [-0.2, -0.15) is 0 Å². The Morgan fingerprint density at radius 2 is 1.89 bits per heavy atom. The second kappa shape index (κ2) is 9.31. The lowest BCUT2D eigenvalue weighted by atomic mass is 9.95. The molecule has 5 rings (SSSR count). The van der Waals surface area contributed by atoms with Crippen molar-refractivity contribution in [2.75, 3.05) is 20.8 Å². The Morgan fingerprint density at radius 3 is 2.63 bits per heavy atom. The van der Waals surface area contributed by atoms with E-state index in [1.807, 2.05) is 36.5 Å². The van der Waals surface area contributed by atoms with Crippen molar-refractivity contribution in [2.45, 2.75) is 12.5 Å². The van der Waals surface area contributed by atoms with Gasteiger partial charge in [-0.25, -0.2) is 0 Å². The van der Waals surface area contributed by atoms with Gasteiger partial charge in [-0.1, -0.05) is 18.2 Å². The number of aromatic amines is 1.